The Kier molecular flexibility index (Phi) is 4.91. The van der Waals surface area contributed by atoms with Gasteiger partial charge in [-0.15, -0.1) is 0 Å². The Labute approximate surface area is 114 Å². The first-order valence-electron chi connectivity index (χ1n) is 6.33. The molecule has 1 amide bonds. The van der Waals surface area contributed by atoms with Gasteiger partial charge in [0.25, 0.3) is 0 Å². The van der Waals surface area contributed by atoms with Crippen LogP contribution in [-0.4, -0.2) is 43.3 Å². The number of rotatable bonds is 4. The minimum atomic E-state index is -0.424. The summed E-state index contributed by atoms with van der Waals surface area (Å²) in [5.41, 5.74) is 0.851. The van der Waals surface area contributed by atoms with E-state index in [1.807, 2.05) is 19.9 Å². The van der Waals surface area contributed by atoms with Gasteiger partial charge in [-0.25, -0.2) is 4.79 Å². The number of ether oxygens (including phenoxy) is 1. The van der Waals surface area contributed by atoms with E-state index in [0.29, 0.717) is 12.3 Å². The lowest BCUT2D eigenvalue weighted by Gasteiger charge is -2.40. The molecule has 5 nitrogen and oxygen atoms in total. The number of amides is 1. The van der Waals surface area contributed by atoms with Gasteiger partial charge in [0.15, 0.2) is 0 Å². The summed E-state index contributed by atoms with van der Waals surface area (Å²) in [6, 6.07) is 6.88. The number of quaternary nitrogens is 1. The molecule has 0 N–H and O–H groups in total. The lowest BCUT2D eigenvalue weighted by Crippen LogP contribution is -2.35. The SMILES string of the molecule is CCN(C)C(=O)Oc1cccc([C@H](C)[N+](C)(C)[O-])c1. The second kappa shape index (κ2) is 6.04. The summed E-state index contributed by atoms with van der Waals surface area (Å²) in [5.74, 6) is 0.461. The minimum Gasteiger partial charge on any atom is -0.633 e. The Morgan fingerprint density at radius 1 is 1.47 bits per heavy atom. The molecule has 1 aromatic rings. The van der Waals surface area contributed by atoms with Crippen molar-refractivity contribution in [2.45, 2.75) is 19.9 Å². The van der Waals surface area contributed by atoms with Gasteiger partial charge in [0.1, 0.15) is 11.8 Å². The van der Waals surface area contributed by atoms with Crippen LogP contribution >= 0.6 is 0 Å². The molecule has 1 rings (SSSR count). The lowest BCUT2D eigenvalue weighted by molar-refractivity contribution is -0.870. The molecule has 0 fully saturated rings. The Bertz CT molecular complexity index is 441. The van der Waals surface area contributed by atoms with Gasteiger partial charge in [-0.2, -0.15) is 0 Å². The lowest BCUT2D eigenvalue weighted by atomic mass is 10.1. The highest BCUT2D eigenvalue weighted by molar-refractivity contribution is 5.70. The van der Waals surface area contributed by atoms with Crippen molar-refractivity contribution in [1.29, 1.82) is 0 Å². The summed E-state index contributed by atoms with van der Waals surface area (Å²) in [4.78, 5) is 13.1. The van der Waals surface area contributed by atoms with Gasteiger partial charge in [-0.3, -0.25) is 0 Å². The molecule has 0 spiro atoms. The molecule has 0 aromatic heterocycles. The summed E-state index contributed by atoms with van der Waals surface area (Å²) in [6.07, 6.45) is -0.400. The molecular formula is C14H22N2O3. The molecule has 0 aliphatic rings. The predicted octanol–water partition coefficient (Wildman–Crippen LogP) is 2.77. The molecule has 0 saturated carbocycles. The van der Waals surface area contributed by atoms with Gasteiger partial charge in [-0.1, -0.05) is 12.1 Å². The van der Waals surface area contributed by atoms with E-state index in [1.54, 1.807) is 39.3 Å². The highest BCUT2D eigenvalue weighted by Gasteiger charge is 2.18. The van der Waals surface area contributed by atoms with Gasteiger partial charge in [0.05, 0.1) is 14.1 Å². The molecular weight excluding hydrogens is 244 g/mol. The Hall–Kier alpha value is -1.59. The fourth-order valence-corrected chi connectivity index (χ4v) is 1.50. The van der Waals surface area contributed by atoms with Crippen LogP contribution in [0.4, 0.5) is 4.79 Å². The second-order valence-corrected chi connectivity index (χ2v) is 5.06. The summed E-state index contributed by atoms with van der Waals surface area (Å²) < 4.78 is 4.82. The molecule has 106 valence electrons. The van der Waals surface area contributed by atoms with Crippen molar-refractivity contribution in [3.8, 4) is 5.75 Å². The Morgan fingerprint density at radius 2 is 2.11 bits per heavy atom. The van der Waals surface area contributed by atoms with Crippen LogP contribution in [0.2, 0.25) is 0 Å². The van der Waals surface area contributed by atoms with Crippen molar-refractivity contribution >= 4 is 6.09 Å². The van der Waals surface area contributed by atoms with E-state index in [2.05, 4.69) is 0 Å². The number of hydroxylamine groups is 3. The van der Waals surface area contributed by atoms with Crippen molar-refractivity contribution in [2.75, 3.05) is 27.7 Å². The van der Waals surface area contributed by atoms with E-state index in [0.717, 1.165) is 5.56 Å². The fraction of sp³-hybridized carbons (Fsp3) is 0.500. The van der Waals surface area contributed by atoms with Crippen molar-refractivity contribution < 1.29 is 14.2 Å². The maximum absolute atomic E-state index is 11.9. The number of benzene rings is 1. The largest absolute Gasteiger partial charge is 0.633 e. The molecule has 0 aliphatic carbocycles. The van der Waals surface area contributed by atoms with Crippen LogP contribution < -0.4 is 4.74 Å². The zero-order valence-corrected chi connectivity index (χ0v) is 12.2. The predicted molar refractivity (Wildman–Crippen MR) is 74.7 cm³/mol. The molecule has 0 unspecified atom stereocenters. The quantitative estimate of drug-likeness (QED) is 0.622. The summed E-state index contributed by atoms with van der Waals surface area (Å²) >= 11 is 0. The van der Waals surface area contributed by atoms with Crippen LogP contribution in [0.3, 0.4) is 0 Å². The smallest absolute Gasteiger partial charge is 0.414 e. The molecule has 1 atom stereocenters. The van der Waals surface area contributed by atoms with Gasteiger partial charge in [-0.05, 0) is 26.0 Å². The molecule has 0 heterocycles. The van der Waals surface area contributed by atoms with Crippen molar-refractivity contribution in [3.63, 3.8) is 0 Å². The van der Waals surface area contributed by atoms with E-state index >= 15 is 0 Å². The number of carbonyl (C=O) groups is 1. The Balaban J connectivity index is 2.86. The Morgan fingerprint density at radius 3 is 2.63 bits per heavy atom. The average molecular weight is 266 g/mol. The van der Waals surface area contributed by atoms with E-state index in [1.165, 1.54) is 4.90 Å². The first-order chi connectivity index (χ1) is 8.75. The van der Waals surface area contributed by atoms with Crippen LogP contribution in [0.1, 0.15) is 25.5 Å². The van der Waals surface area contributed by atoms with E-state index in [4.69, 9.17) is 4.74 Å². The van der Waals surface area contributed by atoms with Crippen LogP contribution in [0, 0.1) is 5.21 Å². The van der Waals surface area contributed by atoms with Crippen molar-refractivity contribution in [3.05, 3.63) is 35.0 Å². The number of hydrogen-bond acceptors (Lipinski definition) is 3. The van der Waals surface area contributed by atoms with Crippen LogP contribution in [0.15, 0.2) is 24.3 Å². The van der Waals surface area contributed by atoms with Crippen LogP contribution in [0.5, 0.6) is 5.75 Å². The number of hydrogen-bond donors (Lipinski definition) is 0. The topological polar surface area (TPSA) is 52.6 Å². The molecule has 0 bridgehead atoms. The average Bonchev–Trinajstić information content (AvgIpc) is 2.36. The molecule has 0 saturated heterocycles. The monoisotopic (exact) mass is 266 g/mol. The first kappa shape index (κ1) is 15.5. The third kappa shape index (κ3) is 4.22. The molecule has 1 aromatic carbocycles. The summed E-state index contributed by atoms with van der Waals surface area (Å²) in [6.45, 7) is 4.31. The van der Waals surface area contributed by atoms with E-state index in [-0.39, 0.29) is 6.04 Å². The van der Waals surface area contributed by atoms with Crippen LogP contribution in [0.25, 0.3) is 0 Å². The van der Waals surface area contributed by atoms with Crippen LogP contribution in [-0.2, 0) is 0 Å². The van der Waals surface area contributed by atoms with Gasteiger partial charge in [0, 0.05) is 19.2 Å². The standard InChI is InChI=1S/C14H22N2O3/c1-6-15(3)14(17)19-13-9-7-8-12(10-13)11(2)16(4,5)18/h7-11H,6H2,1-5H3/t11-/m0/s1. The molecule has 19 heavy (non-hydrogen) atoms. The normalized spacial score (nSPS) is 12.9. The van der Waals surface area contributed by atoms with Gasteiger partial charge in [0.2, 0.25) is 0 Å². The van der Waals surface area contributed by atoms with Crippen molar-refractivity contribution in [2.24, 2.45) is 0 Å². The molecule has 0 aliphatic heterocycles. The number of nitrogens with zero attached hydrogens (tertiary/aromatic N) is 2. The fourth-order valence-electron chi connectivity index (χ4n) is 1.50. The summed E-state index contributed by atoms with van der Waals surface area (Å²) in [7, 11) is 4.86. The van der Waals surface area contributed by atoms with E-state index in [9.17, 15) is 10.0 Å². The maximum atomic E-state index is 11.9. The zero-order chi connectivity index (χ0) is 14.6. The maximum Gasteiger partial charge on any atom is 0.414 e. The zero-order valence-electron chi connectivity index (χ0n) is 12.2. The number of carbonyl (C=O) groups excluding carboxylic acids is 1. The summed E-state index contributed by atoms with van der Waals surface area (Å²) in [5, 5.41) is 11.9. The third-order valence-electron chi connectivity index (χ3n) is 3.26. The molecule has 0 radical (unpaired) electrons. The first-order valence-corrected chi connectivity index (χ1v) is 6.33. The van der Waals surface area contributed by atoms with E-state index < -0.39 is 10.7 Å². The molecule has 5 heteroatoms. The highest BCUT2D eigenvalue weighted by atomic mass is 16.6. The van der Waals surface area contributed by atoms with Gasteiger partial charge >= 0.3 is 6.09 Å². The minimum absolute atomic E-state index is 0.220. The van der Waals surface area contributed by atoms with Gasteiger partial charge < -0.3 is 19.5 Å². The highest BCUT2D eigenvalue weighted by Crippen LogP contribution is 2.26. The third-order valence-corrected chi connectivity index (χ3v) is 3.26. The second-order valence-electron chi connectivity index (χ2n) is 5.06. The van der Waals surface area contributed by atoms with Crippen molar-refractivity contribution in [1.82, 2.24) is 4.90 Å².